The third kappa shape index (κ3) is 32.4. The predicted octanol–water partition coefficient (Wildman–Crippen LogP) is 1.13. The first kappa shape index (κ1) is 19.3. The molecule has 0 saturated carbocycles. The number of urea groups is 1. The lowest BCUT2D eigenvalue weighted by Gasteiger charge is -1.94. The van der Waals surface area contributed by atoms with Gasteiger partial charge in [0.25, 0.3) is 5.91 Å². The van der Waals surface area contributed by atoms with Crippen LogP contribution in [0, 0.1) is 0 Å². The van der Waals surface area contributed by atoms with E-state index in [0.29, 0.717) is 0 Å². The molecule has 0 aliphatic carbocycles. The number of carbonyl (C=O) groups is 2. The van der Waals surface area contributed by atoms with E-state index in [2.05, 4.69) is 19.7 Å². The average molecular weight is 236 g/mol. The van der Waals surface area contributed by atoms with Crippen LogP contribution in [0.25, 0.3) is 0 Å². The highest BCUT2D eigenvalue weighted by atomic mass is 35.5. The van der Waals surface area contributed by atoms with Crippen LogP contribution < -0.4 is 10.2 Å². The molecular weight excluding hydrogens is 218 g/mol. The van der Waals surface area contributed by atoms with Crippen LogP contribution in [0.4, 0.5) is 4.79 Å². The minimum absolute atomic E-state index is 0.590. The summed E-state index contributed by atoms with van der Waals surface area (Å²) in [6.45, 7) is 9.11. The molecule has 0 rings (SSSR count). The molecule has 0 atom stereocenters. The van der Waals surface area contributed by atoms with Crippen LogP contribution in [0.5, 0.6) is 0 Å². The monoisotopic (exact) mass is 235 g/mol. The van der Waals surface area contributed by atoms with Gasteiger partial charge in [0, 0.05) is 11.8 Å². The summed E-state index contributed by atoms with van der Waals surface area (Å²) < 4.78 is 0. The van der Waals surface area contributed by atoms with E-state index < -0.39 is 11.9 Å². The Hall–Kier alpha value is -1.33. The van der Waals surface area contributed by atoms with E-state index in [0.717, 1.165) is 6.08 Å². The SMILES string of the molecule is C=C.C=CC(=O)NC(=O)NCl.CN(C)C. The number of rotatable bonds is 1. The fourth-order valence-corrected chi connectivity index (χ4v) is 0.234. The Kier molecular flexibility index (Phi) is 19.5. The molecule has 0 bridgehead atoms. The summed E-state index contributed by atoms with van der Waals surface area (Å²) in [5.74, 6) is -0.590. The number of hydrogen-bond acceptors (Lipinski definition) is 3. The van der Waals surface area contributed by atoms with Crippen LogP contribution in [0.15, 0.2) is 25.8 Å². The molecule has 0 aromatic carbocycles. The molecule has 0 heterocycles. The van der Waals surface area contributed by atoms with Crippen LogP contribution in [-0.4, -0.2) is 38.0 Å². The van der Waals surface area contributed by atoms with Crippen molar-refractivity contribution in [3.63, 3.8) is 0 Å². The molecule has 0 spiro atoms. The second-order valence-electron chi connectivity index (χ2n) is 2.46. The largest absolute Gasteiger partial charge is 0.336 e. The van der Waals surface area contributed by atoms with E-state index >= 15 is 0 Å². The Bertz CT molecular complexity index is 193. The normalized spacial score (nSPS) is 7.27. The van der Waals surface area contributed by atoms with Gasteiger partial charge in [0.2, 0.25) is 0 Å². The average Bonchev–Trinajstić information content (AvgIpc) is 2.19. The maximum Gasteiger partial charge on any atom is 0.336 e. The van der Waals surface area contributed by atoms with Crippen molar-refractivity contribution >= 4 is 23.7 Å². The van der Waals surface area contributed by atoms with Crippen molar-refractivity contribution in [2.75, 3.05) is 21.1 Å². The molecule has 88 valence electrons. The fourth-order valence-electron chi connectivity index (χ4n) is 0.187. The zero-order valence-electron chi connectivity index (χ0n) is 9.34. The molecule has 0 fully saturated rings. The van der Waals surface area contributed by atoms with Crippen molar-refractivity contribution in [2.45, 2.75) is 0 Å². The van der Waals surface area contributed by atoms with Crippen LogP contribution in [0.1, 0.15) is 0 Å². The Morgan fingerprint density at radius 3 is 1.80 bits per heavy atom. The van der Waals surface area contributed by atoms with Gasteiger partial charge in [-0.1, -0.05) is 6.58 Å². The second-order valence-corrected chi connectivity index (χ2v) is 2.65. The molecule has 15 heavy (non-hydrogen) atoms. The van der Waals surface area contributed by atoms with E-state index in [-0.39, 0.29) is 0 Å². The van der Waals surface area contributed by atoms with Gasteiger partial charge in [0.1, 0.15) is 0 Å². The zero-order chi connectivity index (χ0) is 12.9. The summed E-state index contributed by atoms with van der Waals surface area (Å²) in [4.78, 5) is 24.1. The molecule has 0 unspecified atom stereocenters. The molecule has 2 N–H and O–H groups in total. The Morgan fingerprint density at radius 1 is 1.27 bits per heavy atom. The van der Waals surface area contributed by atoms with Gasteiger partial charge in [-0.3, -0.25) is 10.1 Å². The molecule has 0 aliphatic heterocycles. The first-order valence-electron chi connectivity index (χ1n) is 3.89. The summed E-state index contributed by atoms with van der Waals surface area (Å²) in [5.41, 5.74) is 0. The third-order valence-electron chi connectivity index (χ3n) is 0.508. The van der Waals surface area contributed by atoms with E-state index in [1.807, 2.05) is 31.4 Å². The number of nitrogens with one attached hydrogen (secondary N) is 2. The van der Waals surface area contributed by atoms with E-state index in [9.17, 15) is 9.59 Å². The first-order valence-corrected chi connectivity index (χ1v) is 4.26. The molecule has 0 radical (unpaired) electrons. The number of amides is 3. The van der Waals surface area contributed by atoms with Gasteiger partial charge in [0.15, 0.2) is 0 Å². The molecule has 0 aliphatic rings. The lowest BCUT2D eigenvalue weighted by Crippen LogP contribution is -2.33. The molecular formula is C9H18ClN3O2. The number of imide groups is 1. The van der Waals surface area contributed by atoms with Crippen molar-refractivity contribution in [2.24, 2.45) is 0 Å². The highest BCUT2D eigenvalue weighted by molar-refractivity contribution is 6.22. The summed E-state index contributed by atoms with van der Waals surface area (Å²) in [6, 6.07) is -0.762. The van der Waals surface area contributed by atoms with Gasteiger partial charge in [-0.2, -0.15) is 0 Å². The summed E-state index contributed by atoms with van der Waals surface area (Å²) in [5, 5.41) is 1.84. The Balaban J connectivity index is -0.000000202. The quantitative estimate of drug-likeness (QED) is 0.407. The minimum Gasteiger partial charge on any atom is -0.312 e. The van der Waals surface area contributed by atoms with Crippen LogP contribution >= 0.6 is 11.8 Å². The maximum absolute atomic E-state index is 10.2. The predicted molar refractivity (Wildman–Crippen MR) is 63.6 cm³/mol. The highest BCUT2D eigenvalue weighted by Crippen LogP contribution is 1.69. The topological polar surface area (TPSA) is 61.4 Å². The number of hydrogen-bond donors (Lipinski definition) is 2. The number of nitrogens with zero attached hydrogens (tertiary/aromatic N) is 1. The van der Waals surface area contributed by atoms with E-state index in [1.54, 1.807) is 4.84 Å². The molecule has 0 saturated heterocycles. The maximum atomic E-state index is 10.2. The van der Waals surface area contributed by atoms with Crippen LogP contribution in [0.3, 0.4) is 0 Å². The summed E-state index contributed by atoms with van der Waals surface area (Å²) in [6.07, 6.45) is 0.964. The first-order chi connectivity index (χ1) is 6.93. The van der Waals surface area contributed by atoms with Gasteiger partial charge in [-0.25, -0.2) is 9.63 Å². The Morgan fingerprint density at radius 2 is 1.60 bits per heavy atom. The van der Waals surface area contributed by atoms with Gasteiger partial charge in [-0.15, -0.1) is 13.2 Å². The van der Waals surface area contributed by atoms with E-state index in [1.165, 1.54) is 0 Å². The van der Waals surface area contributed by atoms with Gasteiger partial charge >= 0.3 is 6.03 Å². The van der Waals surface area contributed by atoms with Crippen molar-refractivity contribution in [3.05, 3.63) is 25.8 Å². The molecule has 6 heteroatoms. The molecule has 5 nitrogen and oxygen atoms in total. The third-order valence-corrected chi connectivity index (χ3v) is 0.680. The Labute approximate surface area is 95.9 Å². The lowest BCUT2D eigenvalue weighted by molar-refractivity contribution is -0.115. The molecule has 3 amide bonds. The van der Waals surface area contributed by atoms with Gasteiger partial charge in [0.05, 0.1) is 0 Å². The van der Waals surface area contributed by atoms with Gasteiger partial charge in [-0.05, 0) is 27.2 Å². The molecule has 0 aromatic rings. The van der Waals surface area contributed by atoms with Crippen LogP contribution in [-0.2, 0) is 4.79 Å². The number of carbonyl (C=O) groups excluding carboxylic acids is 2. The smallest absolute Gasteiger partial charge is 0.312 e. The zero-order valence-corrected chi connectivity index (χ0v) is 10.1. The van der Waals surface area contributed by atoms with Crippen molar-refractivity contribution in [1.82, 2.24) is 15.1 Å². The highest BCUT2D eigenvalue weighted by Gasteiger charge is 1.99. The minimum atomic E-state index is -0.762. The second kappa shape index (κ2) is 15.2. The van der Waals surface area contributed by atoms with Crippen molar-refractivity contribution in [3.8, 4) is 0 Å². The summed E-state index contributed by atoms with van der Waals surface area (Å²) in [7, 11) is 6.00. The lowest BCUT2D eigenvalue weighted by atomic mass is 10.6. The van der Waals surface area contributed by atoms with Crippen LogP contribution in [0.2, 0.25) is 0 Å². The van der Waals surface area contributed by atoms with E-state index in [4.69, 9.17) is 11.8 Å². The number of halogens is 1. The van der Waals surface area contributed by atoms with Crippen molar-refractivity contribution < 1.29 is 9.59 Å². The molecule has 0 aromatic heterocycles. The van der Waals surface area contributed by atoms with Gasteiger partial charge < -0.3 is 4.90 Å². The summed E-state index contributed by atoms with van der Waals surface area (Å²) >= 11 is 4.80. The van der Waals surface area contributed by atoms with Crippen molar-refractivity contribution in [1.29, 1.82) is 0 Å². The standard InChI is InChI=1S/C4H5ClN2O2.C3H9N.C2H4/c1-2-3(8)6-4(9)7-5;1-4(2)3;1-2/h2H,1H2,(H2,6,7,8,9);1-3H3;1-2H2. The fraction of sp³-hybridized carbons (Fsp3) is 0.333.